The van der Waals surface area contributed by atoms with E-state index in [-0.39, 0.29) is 60.3 Å². The average molecular weight is 705 g/mol. The zero-order valence-electron chi connectivity index (χ0n) is 31.5. The van der Waals surface area contributed by atoms with Gasteiger partial charge in [-0.15, -0.1) is 0 Å². The molecule has 3 saturated carbocycles. The molecule has 4 fully saturated rings. The summed E-state index contributed by atoms with van der Waals surface area (Å²) in [6.45, 7) is 12.5. The lowest BCUT2D eigenvalue weighted by molar-refractivity contribution is -0.156. The summed E-state index contributed by atoms with van der Waals surface area (Å²) in [6, 6.07) is 0. The van der Waals surface area contributed by atoms with Crippen molar-refractivity contribution in [2.45, 2.75) is 149 Å². The van der Waals surface area contributed by atoms with E-state index >= 15 is 0 Å². The summed E-state index contributed by atoms with van der Waals surface area (Å²) in [4.78, 5) is 48.3. The molecule has 4 aliphatic carbocycles. The molecule has 1 saturated heterocycles. The predicted molar refractivity (Wildman–Crippen MR) is 194 cm³/mol. The highest BCUT2D eigenvalue weighted by Crippen LogP contribution is 2.67. The van der Waals surface area contributed by atoms with Crippen LogP contribution in [-0.4, -0.2) is 50.3 Å². The van der Waals surface area contributed by atoms with Crippen LogP contribution in [0.15, 0.2) is 29.1 Å². The van der Waals surface area contributed by atoms with Gasteiger partial charge in [-0.3, -0.25) is 19.0 Å². The predicted octanol–water partition coefficient (Wildman–Crippen LogP) is 8.07. The maximum Gasteiger partial charge on any atom is 0.306 e. The Bertz CT molecular complexity index is 1660. The van der Waals surface area contributed by atoms with Crippen molar-refractivity contribution in [2.24, 2.45) is 46.3 Å². The molecular weight excluding hydrogens is 644 g/mol. The zero-order valence-corrected chi connectivity index (χ0v) is 31.5. The van der Waals surface area contributed by atoms with E-state index in [1.807, 2.05) is 0 Å². The van der Waals surface area contributed by atoms with Crippen LogP contribution in [0, 0.1) is 46.3 Å². The Balaban J connectivity index is 0.854. The number of carbonyl (C=O) groups excluding carboxylic acids is 2. The van der Waals surface area contributed by atoms with E-state index in [4.69, 9.17) is 14.2 Å². The molecule has 1 aliphatic heterocycles. The Morgan fingerprint density at radius 3 is 2.65 bits per heavy atom. The number of H-pyrrole nitrogens is 1. The van der Waals surface area contributed by atoms with Gasteiger partial charge < -0.3 is 19.2 Å². The molecule has 2 aromatic heterocycles. The molecule has 10 nitrogen and oxygen atoms in total. The number of aromatic nitrogens is 4. The van der Waals surface area contributed by atoms with Crippen LogP contribution in [0.4, 0.5) is 0 Å². The normalized spacial score (nSPS) is 35.2. The molecule has 7 rings (SSSR count). The third-order valence-electron chi connectivity index (χ3n) is 14.3. The molecule has 0 spiro atoms. The third-order valence-corrected chi connectivity index (χ3v) is 14.3. The van der Waals surface area contributed by atoms with E-state index in [9.17, 15) is 14.4 Å². The van der Waals surface area contributed by atoms with Crippen LogP contribution in [0.2, 0.25) is 0 Å². The molecular formula is C41H60N4O6. The van der Waals surface area contributed by atoms with Crippen molar-refractivity contribution in [3.8, 4) is 0 Å². The van der Waals surface area contributed by atoms with E-state index in [0.29, 0.717) is 23.9 Å². The first-order valence-electron chi connectivity index (χ1n) is 20.1. The molecule has 51 heavy (non-hydrogen) atoms. The fourth-order valence-electron chi connectivity index (χ4n) is 11.5. The molecule has 2 aromatic rings. The van der Waals surface area contributed by atoms with Gasteiger partial charge in [-0.1, -0.05) is 65.5 Å². The van der Waals surface area contributed by atoms with E-state index in [1.54, 1.807) is 10.9 Å². The maximum absolute atomic E-state index is 12.9. The summed E-state index contributed by atoms with van der Waals surface area (Å²) in [6.07, 6.45) is 19.7. The lowest BCUT2D eigenvalue weighted by atomic mass is 9.47. The number of hydrogen-bond acceptors (Lipinski definition) is 8. The number of carbonyl (C=O) groups is 2. The van der Waals surface area contributed by atoms with E-state index in [0.717, 1.165) is 54.8 Å². The Hall–Kier alpha value is -3.01. The van der Waals surface area contributed by atoms with Gasteiger partial charge in [-0.2, -0.15) is 0 Å². The minimum absolute atomic E-state index is 0.0117. The molecule has 0 bridgehead atoms. The third kappa shape index (κ3) is 7.19. The van der Waals surface area contributed by atoms with Crippen molar-refractivity contribution >= 4 is 23.1 Å². The molecule has 10 atom stereocenters. The molecule has 0 unspecified atom stereocenters. The molecule has 10 heteroatoms. The number of nitrogens with zero attached hydrogens (tertiary/aromatic N) is 3. The van der Waals surface area contributed by atoms with Gasteiger partial charge in [0.1, 0.15) is 18.9 Å². The van der Waals surface area contributed by atoms with Crippen molar-refractivity contribution < 1.29 is 23.8 Å². The van der Waals surface area contributed by atoms with Crippen LogP contribution in [0.3, 0.4) is 0 Å². The summed E-state index contributed by atoms with van der Waals surface area (Å²) >= 11 is 0. The number of esters is 2. The number of allylic oxidation sites excluding steroid dienone is 1. The molecule has 0 amide bonds. The van der Waals surface area contributed by atoms with Crippen LogP contribution in [0.25, 0.3) is 11.2 Å². The van der Waals surface area contributed by atoms with Crippen molar-refractivity contribution in [2.75, 3.05) is 6.61 Å². The highest BCUT2D eigenvalue weighted by Gasteiger charge is 2.59. The summed E-state index contributed by atoms with van der Waals surface area (Å²) < 4.78 is 19.3. The van der Waals surface area contributed by atoms with Gasteiger partial charge in [-0.05, 0) is 104 Å². The Kier molecular flexibility index (Phi) is 10.5. The van der Waals surface area contributed by atoms with Gasteiger partial charge in [-0.25, -0.2) is 9.97 Å². The zero-order chi connectivity index (χ0) is 35.9. The maximum atomic E-state index is 12.9. The summed E-state index contributed by atoms with van der Waals surface area (Å²) in [7, 11) is 0. The molecule has 280 valence electrons. The number of fused-ring (bicyclic) bond motifs is 6. The van der Waals surface area contributed by atoms with E-state index < -0.39 is 5.97 Å². The number of imidazole rings is 1. The standard InChI is InChI=1S/C41H60N4O6/c1-25(2)7-6-8-26(3)31-12-13-32-30-11-9-27-21-28(17-19-40(27,4)33(30)18-20-41(31,32)5)51-36(47)16-15-35(46)49-22-29-10-14-34(50-29)45-24-44-37-38(45)42-23-43-39(37)48/h9,23-26,28-34H,6-8,10-22H2,1-5H3,(H,42,43,48)/t26-,28+,29+,30+,31-,32+,33+,34-,40+,41-/m1/s1. The number of aromatic amines is 1. The second kappa shape index (κ2) is 14.8. The molecule has 3 heterocycles. The molecule has 0 aromatic carbocycles. The fraction of sp³-hybridized carbons (Fsp3) is 0.780. The first-order valence-corrected chi connectivity index (χ1v) is 20.1. The largest absolute Gasteiger partial charge is 0.463 e. The number of ether oxygens (including phenoxy) is 3. The first kappa shape index (κ1) is 36.4. The monoisotopic (exact) mass is 704 g/mol. The second-order valence-corrected chi connectivity index (χ2v) is 17.7. The van der Waals surface area contributed by atoms with Crippen molar-refractivity contribution in [3.63, 3.8) is 0 Å². The summed E-state index contributed by atoms with van der Waals surface area (Å²) in [5.74, 6) is 4.09. The van der Waals surface area contributed by atoms with Crippen LogP contribution in [0.5, 0.6) is 0 Å². The lowest BCUT2D eigenvalue weighted by Gasteiger charge is -2.58. The van der Waals surface area contributed by atoms with Gasteiger partial charge in [0.15, 0.2) is 11.2 Å². The van der Waals surface area contributed by atoms with Gasteiger partial charge in [0.05, 0.1) is 31.6 Å². The van der Waals surface area contributed by atoms with Gasteiger partial charge in [0, 0.05) is 6.42 Å². The number of hydrogen-bond donors (Lipinski definition) is 1. The minimum atomic E-state index is -0.430. The molecule has 0 radical (unpaired) electrons. The van der Waals surface area contributed by atoms with Crippen molar-refractivity contribution in [3.05, 3.63) is 34.7 Å². The van der Waals surface area contributed by atoms with Gasteiger partial charge >= 0.3 is 11.9 Å². The number of rotatable bonds is 12. The van der Waals surface area contributed by atoms with Crippen LogP contribution in [-0.2, 0) is 23.8 Å². The quantitative estimate of drug-likeness (QED) is 0.174. The minimum Gasteiger partial charge on any atom is -0.463 e. The topological polar surface area (TPSA) is 125 Å². The average Bonchev–Trinajstić information content (AvgIpc) is 3.83. The van der Waals surface area contributed by atoms with Crippen molar-refractivity contribution in [1.29, 1.82) is 0 Å². The Morgan fingerprint density at radius 1 is 1.00 bits per heavy atom. The fourth-order valence-corrected chi connectivity index (χ4v) is 11.5. The Morgan fingerprint density at radius 2 is 1.82 bits per heavy atom. The molecule has 5 aliphatic rings. The smallest absolute Gasteiger partial charge is 0.306 e. The lowest BCUT2D eigenvalue weighted by Crippen LogP contribution is -2.51. The summed E-state index contributed by atoms with van der Waals surface area (Å²) in [5.41, 5.74) is 2.63. The van der Waals surface area contributed by atoms with Crippen LogP contribution >= 0.6 is 0 Å². The molecule has 1 N–H and O–H groups in total. The van der Waals surface area contributed by atoms with E-state index in [2.05, 4.69) is 55.6 Å². The van der Waals surface area contributed by atoms with Gasteiger partial charge in [0.25, 0.3) is 5.56 Å². The van der Waals surface area contributed by atoms with Crippen molar-refractivity contribution in [1.82, 2.24) is 19.5 Å². The first-order chi connectivity index (χ1) is 24.5. The highest BCUT2D eigenvalue weighted by atomic mass is 16.6. The summed E-state index contributed by atoms with van der Waals surface area (Å²) in [5, 5.41) is 0. The SMILES string of the molecule is CC(C)CCC[C@@H](C)[C@H]1CC[C@H]2[C@@H]3CC=C4C[C@@H](OC(=O)CCC(=O)OC[C@@H]5CC[C@H](n6cnc7c(=O)[nH]cnc76)O5)CC[C@]4(C)[C@H]3CC[C@]12C. The highest BCUT2D eigenvalue weighted by molar-refractivity contribution is 5.77. The van der Waals surface area contributed by atoms with Crippen LogP contribution < -0.4 is 5.56 Å². The van der Waals surface area contributed by atoms with E-state index in [1.165, 1.54) is 63.3 Å². The second-order valence-electron chi connectivity index (χ2n) is 17.7. The van der Waals surface area contributed by atoms with Gasteiger partial charge in [0.2, 0.25) is 0 Å². The Labute approximate surface area is 302 Å². The number of nitrogens with one attached hydrogen (secondary N) is 1. The van der Waals surface area contributed by atoms with Crippen LogP contribution in [0.1, 0.15) is 137 Å².